The molecule has 126 heavy (non-hydrogen) atoms. The van der Waals surface area contributed by atoms with Crippen LogP contribution in [-0.4, -0.2) is 159 Å². The molecule has 3 aliphatic heterocycles. The summed E-state index contributed by atoms with van der Waals surface area (Å²) in [6, 6.07) is 46.1. The molecule has 14 rings (SSSR count). The van der Waals surface area contributed by atoms with Crippen LogP contribution in [0, 0.1) is 34.5 Å². The predicted octanol–water partition coefficient (Wildman–Crippen LogP) is 16.2. The molecule has 5 aromatic heterocycles. The Balaban J connectivity index is 0.812. The molecule has 2 unspecified atom stereocenters. The van der Waals surface area contributed by atoms with Crippen LogP contribution in [0.25, 0.3) is 22.3 Å². The summed E-state index contributed by atoms with van der Waals surface area (Å²) < 4.78 is 113. The first-order chi connectivity index (χ1) is 60.6. The number of nitrogens with one attached hydrogen (secondary N) is 3. The second-order valence-electron chi connectivity index (χ2n) is 29.3. The Morgan fingerprint density at radius 1 is 0.611 bits per heavy atom. The Bertz CT molecular complexity index is 6000. The van der Waals surface area contributed by atoms with Gasteiger partial charge in [0.25, 0.3) is 23.6 Å². The van der Waals surface area contributed by atoms with E-state index in [0.29, 0.717) is 51.0 Å². The first kappa shape index (κ1) is 92.0. The lowest BCUT2D eigenvalue weighted by Gasteiger charge is -2.37. The van der Waals surface area contributed by atoms with Gasteiger partial charge in [-0.1, -0.05) is 147 Å². The van der Waals surface area contributed by atoms with E-state index >= 15 is 9.13 Å². The van der Waals surface area contributed by atoms with Crippen LogP contribution < -0.4 is 40.6 Å². The number of nitrogens with zero attached hydrogens (tertiary/aromatic N) is 12. The highest BCUT2D eigenvalue weighted by Crippen LogP contribution is 2.66. The predicted molar refractivity (Wildman–Crippen MR) is 467 cm³/mol. The number of fused-ring (bicyclic) bond motifs is 2. The number of nitriles is 2. The van der Waals surface area contributed by atoms with Crippen molar-refractivity contribution < 1.29 is 89.7 Å². The van der Waals surface area contributed by atoms with Crippen molar-refractivity contribution in [2.24, 2.45) is 11.8 Å². The largest absolute Gasteiger partial charge is 0.497 e. The van der Waals surface area contributed by atoms with E-state index in [9.17, 15) is 39.9 Å². The van der Waals surface area contributed by atoms with Crippen molar-refractivity contribution in [3.05, 3.63) is 223 Å². The number of halogens is 4. The van der Waals surface area contributed by atoms with Crippen LogP contribution in [0.4, 0.5) is 17.7 Å². The Morgan fingerprint density at radius 3 is 1.67 bits per heavy atom. The lowest BCUT2D eigenvalue weighted by atomic mass is 9.80. The van der Waals surface area contributed by atoms with Gasteiger partial charge >= 0.3 is 19.3 Å². The van der Waals surface area contributed by atoms with Crippen molar-refractivity contribution in [3.8, 4) is 46.9 Å². The quantitative estimate of drug-likeness (QED) is 0.0137. The van der Waals surface area contributed by atoms with E-state index in [2.05, 4.69) is 56.9 Å². The number of benzene rings is 6. The third-order valence-electron chi connectivity index (χ3n) is 20.1. The average molecular weight is 1880 g/mol. The molecular formula is C83H81Cl4N15O20P2S2. The van der Waals surface area contributed by atoms with Crippen molar-refractivity contribution >= 4 is 141 Å². The van der Waals surface area contributed by atoms with E-state index < -0.39 is 136 Å². The molecule has 8 heterocycles. The summed E-state index contributed by atoms with van der Waals surface area (Å²) in [6.45, 7) is -4.95. The van der Waals surface area contributed by atoms with E-state index in [1.807, 2.05) is 60.7 Å². The molecule has 0 spiro atoms. The zero-order valence-electron chi connectivity index (χ0n) is 67.8. The molecule has 35 nitrogen and oxygen atoms in total. The van der Waals surface area contributed by atoms with Gasteiger partial charge in [-0.15, -0.1) is 0 Å². The number of aliphatic hydroxyl groups excluding tert-OH is 1. The van der Waals surface area contributed by atoms with Crippen LogP contribution in [-0.2, 0) is 67.3 Å². The van der Waals surface area contributed by atoms with Crippen LogP contribution in [0.2, 0.25) is 20.1 Å². The number of hydrogen-bond donors (Lipinski definition) is 5. The number of ether oxygens (including phenoxy) is 8. The van der Waals surface area contributed by atoms with Crippen LogP contribution in [0.3, 0.4) is 0 Å². The molecule has 5 N–H and O–H groups in total. The molecule has 3 amide bonds. The maximum absolute atomic E-state index is 16.5. The molecule has 11 aromatic rings. The van der Waals surface area contributed by atoms with Gasteiger partial charge in [0.05, 0.1) is 75.1 Å². The normalized spacial score (nSPS) is 20.3. The monoisotopic (exact) mass is 1870 g/mol. The number of aliphatic hydroxyl groups is 2. The van der Waals surface area contributed by atoms with Crippen LogP contribution in [0.15, 0.2) is 175 Å². The molecule has 0 aliphatic carbocycles. The number of carbonyl (C=O) groups excluding carboxylic acids is 3. The highest BCUT2D eigenvalue weighted by atomic mass is 35.5. The van der Waals surface area contributed by atoms with Gasteiger partial charge in [0.2, 0.25) is 23.7 Å². The number of imidazole rings is 2. The van der Waals surface area contributed by atoms with Gasteiger partial charge in [-0.2, -0.15) is 35.4 Å². The fourth-order valence-electron chi connectivity index (χ4n) is 13.7. The summed E-state index contributed by atoms with van der Waals surface area (Å²) in [5.74, 6) is -5.46. The number of aromatic nitrogens is 10. The number of hydrogen-bond acceptors (Lipinski definition) is 31. The van der Waals surface area contributed by atoms with Gasteiger partial charge in [-0.3, -0.25) is 56.8 Å². The highest BCUT2D eigenvalue weighted by Gasteiger charge is 2.54. The third-order valence-corrected chi connectivity index (χ3v) is 28.7. The van der Waals surface area contributed by atoms with Crippen molar-refractivity contribution in [2.75, 3.05) is 61.5 Å². The van der Waals surface area contributed by atoms with Crippen LogP contribution in [0.1, 0.15) is 99.3 Å². The fraction of sp³-hybridized carbons (Fsp3) is 0.337. The molecule has 0 saturated carbocycles. The molecule has 43 heteroatoms. The van der Waals surface area contributed by atoms with Gasteiger partial charge in [0, 0.05) is 83.0 Å². The first-order valence-corrected chi connectivity index (χ1v) is 46.9. The maximum atomic E-state index is 16.5. The van der Waals surface area contributed by atoms with Crippen molar-refractivity contribution in [1.29, 1.82) is 10.5 Å². The highest BCUT2D eigenvalue weighted by molar-refractivity contribution is 8.55. The third kappa shape index (κ3) is 21.3. The lowest BCUT2D eigenvalue weighted by molar-refractivity contribution is -0.258. The lowest BCUT2D eigenvalue weighted by Crippen LogP contribution is -2.39. The summed E-state index contributed by atoms with van der Waals surface area (Å²) in [5.41, 5.74) is -0.632. The summed E-state index contributed by atoms with van der Waals surface area (Å²) in [4.78, 5) is 85.9. The molecule has 3 saturated heterocycles. The second-order valence-corrected chi connectivity index (χ2v) is 39.2. The van der Waals surface area contributed by atoms with Gasteiger partial charge in [-0.25, -0.2) is 23.9 Å². The van der Waals surface area contributed by atoms with Gasteiger partial charge in [-0.05, 0) is 106 Å². The van der Waals surface area contributed by atoms with Gasteiger partial charge < -0.3 is 53.4 Å². The van der Waals surface area contributed by atoms with E-state index in [4.69, 9.17) is 102 Å². The molecule has 11 atom stereocenters. The number of rotatable bonds is 37. The molecule has 0 radical (unpaired) electrons. The zero-order valence-corrected chi connectivity index (χ0v) is 74.3. The fourth-order valence-corrected chi connectivity index (χ4v) is 21.0. The van der Waals surface area contributed by atoms with Crippen molar-refractivity contribution in [2.45, 2.75) is 120 Å². The summed E-state index contributed by atoms with van der Waals surface area (Å²) in [7, 11) is 3.05. The molecule has 6 aromatic carbocycles. The smallest absolute Gasteiger partial charge is 0.389 e. The summed E-state index contributed by atoms with van der Waals surface area (Å²) in [5, 5.41) is 54.2. The maximum Gasteiger partial charge on any atom is 0.389 e. The number of anilines is 3. The van der Waals surface area contributed by atoms with Crippen molar-refractivity contribution in [3.63, 3.8) is 0 Å². The average Bonchev–Trinajstić information content (AvgIpc) is 1.48. The minimum atomic E-state index is -4.92. The zero-order chi connectivity index (χ0) is 89.2. The Kier molecular flexibility index (Phi) is 29.5. The van der Waals surface area contributed by atoms with Gasteiger partial charge in [0.15, 0.2) is 22.3 Å². The number of methoxy groups -OCH3 is 2. The Morgan fingerprint density at radius 2 is 1.12 bits per heavy atom. The summed E-state index contributed by atoms with van der Waals surface area (Å²) >= 11 is 27.1. The molecular weight excluding hydrogens is 1790 g/mol. The first-order valence-electron chi connectivity index (χ1n) is 39.2. The van der Waals surface area contributed by atoms with Crippen molar-refractivity contribution in [1.82, 2.24) is 48.6 Å². The van der Waals surface area contributed by atoms with Crippen LogP contribution in [0.5, 0.6) is 34.8 Å². The van der Waals surface area contributed by atoms with E-state index in [-0.39, 0.29) is 126 Å². The number of amides is 3. The van der Waals surface area contributed by atoms with E-state index in [1.165, 1.54) is 74.0 Å². The molecule has 658 valence electrons. The minimum absolute atomic E-state index is 0.0282. The SMILES string of the molecule is COc1ccc(C(OC[C@H]2O[C@](O)(n3cnc4c(Oc5cc(Cl)ccc5Cl)nc(NC(=O)C(C)C)nc43)C[C@@H]2OP(=O)(OC[C@H]2O[C@@H](n3ccc(NC(=O)c4ccccc4)nc3=O)C[C@@H]2OP(=O)(OC[C@H]2O[C@@H](n3cnc4c(Oc5cc(Cl)ccc5Cl)nc(NC(=O)C(C)C)nc43)C[C@@H]2O)SCCC#N)SCCC#N)(c2ccccc2)c2ccc(OC)cc2)cc1. The van der Waals surface area contributed by atoms with E-state index in [0.717, 1.165) is 9.13 Å². The Labute approximate surface area is 748 Å². The molecule has 0 bridgehead atoms. The number of carbonyl (C=O) groups is 3. The van der Waals surface area contributed by atoms with Gasteiger partial charge in [0.1, 0.15) is 83.7 Å². The molecule has 3 fully saturated rings. The summed E-state index contributed by atoms with van der Waals surface area (Å²) in [6.07, 6.45) is -8.95. The minimum Gasteiger partial charge on any atom is -0.497 e. The topological polar surface area (TPSA) is 442 Å². The van der Waals surface area contributed by atoms with E-state index in [1.54, 1.807) is 88.4 Å². The standard InChI is InChI=1S/C83H81Cl4N15O20P2S2/c1-47(2)74(104)96-79-94-72-70(77(98-79)118-60-37-53(84)23-29-57(60)86)90-45-101(72)68-39-59(103)64(116-68)43-114-123(109,125-35-13-32-88)121-62-40-69(100-34-31-67(93-81(100)107)92-76(106)49-15-9-7-10-16-49)117-65(62)44-115-124(110,126-36-14-33-89)122-63-41-82(108,102-46-91-71-73(102)95-80(97-75(105)48(3)4)99-78(71)119-61-38-54(85)24-30-58(61)87)120-66(63)42-113-83(50-17-11-8-12-18-50,51-19-25-55(111-5)26-20-51)52-21-27-56(112-6)28-22-52/h7-12,15-31,34,37-38,45-48,59,62-66,68-69,103,108H,13-14,35-36,39-44H2,1-6H3,(H,92,93,106,107)(H,94,96,98,104)(H,95,97,99,105)/t59-,62-,63-,64+,65+,66+,68+,69+,82-,123?,124?/m0/s1. The second kappa shape index (κ2) is 40.4. The molecule has 3 aliphatic rings. The van der Waals surface area contributed by atoms with Crippen LogP contribution >= 0.6 is 82.8 Å². The Hall–Kier alpha value is -10.2.